The lowest BCUT2D eigenvalue weighted by atomic mass is 10.1. The molecule has 4 rings (SSSR count). The van der Waals surface area contributed by atoms with E-state index in [9.17, 15) is 14.0 Å². The van der Waals surface area contributed by atoms with Crippen LogP contribution >= 0.6 is 0 Å². The number of carbonyl (C=O) groups excluding carboxylic acids is 2. The third kappa shape index (κ3) is 3.31. The van der Waals surface area contributed by atoms with Crippen LogP contribution in [0.2, 0.25) is 0 Å². The Morgan fingerprint density at radius 2 is 1.75 bits per heavy atom. The molecule has 1 aromatic heterocycles. The summed E-state index contributed by atoms with van der Waals surface area (Å²) in [7, 11) is 1.56. The number of piperazine rings is 1. The minimum Gasteiger partial charge on any atom is -0.497 e. The van der Waals surface area contributed by atoms with Crippen molar-refractivity contribution in [2.45, 2.75) is 0 Å². The van der Waals surface area contributed by atoms with Gasteiger partial charge in [-0.05, 0) is 42.5 Å². The molecule has 0 atom stereocenters. The molecule has 0 saturated carbocycles. The standard InChI is InChI=1S/C21H20FN3O3/c1-28-16-6-7-19-17(12-16)18(13-23-19)20(26)21(27)25-10-8-24(9-11-25)15-4-2-14(22)3-5-15/h2-7,12-13,23H,8-11H2,1H3. The van der Waals surface area contributed by atoms with Crippen molar-refractivity contribution < 1.29 is 18.7 Å². The lowest BCUT2D eigenvalue weighted by Crippen LogP contribution is -2.50. The lowest BCUT2D eigenvalue weighted by Gasteiger charge is -2.35. The van der Waals surface area contributed by atoms with Crippen LogP contribution in [-0.2, 0) is 4.79 Å². The number of amides is 1. The van der Waals surface area contributed by atoms with Gasteiger partial charge in [-0.25, -0.2) is 4.39 Å². The van der Waals surface area contributed by atoms with Gasteiger partial charge in [-0.1, -0.05) is 0 Å². The molecular formula is C21H20FN3O3. The summed E-state index contributed by atoms with van der Waals surface area (Å²) in [6.45, 7) is 2.06. The molecule has 0 spiro atoms. The van der Waals surface area contributed by atoms with Crippen LogP contribution in [0.1, 0.15) is 10.4 Å². The highest BCUT2D eigenvalue weighted by atomic mass is 19.1. The van der Waals surface area contributed by atoms with Crippen LogP contribution in [0, 0.1) is 5.82 Å². The second-order valence-electron chi connectivity index (χ2n) is 6.70. The summed E-state index contributed by atoms with van der Waals surface area (Å²) in [5.74, 6) is -0.697. The number of carbonyl (C=O) groups is 2. The van der Waals surface area contributed by atoms with Gasteiger partial charge in [0.05, 0.1) is 12.7 Å². The third-order valence-electron chi connectivity index (χ3n) is 5.09. The predicted octanol–water partition coefficient (Wildman–Crippen LogP) is 2.85. The second-order valence-corrected chi connectivity index (χ2v) is 6.70. The van der Waals surface area contributed by atoms with Gasteiger partial charge in [0.15, 0.2) is 0 Å². The number of fused-ring (bicyclic) bond motifs is 1. The summed E-state index contributed by atoms with van der Waals surface area (Å²) in [5, 5.41) is 0.669. The van der Waals surface area contributed by atoms with E-state index in [1.807, 2.05) is 6.07 Å². The second kappa shape index (κ2) is 7.34. The number of rotatable bonds is 4. The molecule has 1 saturated heterocycles. The summed E-state index contributed by atoms with van der Waals surface area (Å²) in [6, 6.07) is 11.6. The number of ketones is 1. The monoisotopic (exact) mass is 381 g/mol. The Morgan fingerprint density at radius 1 is 1.04 bits per heavy atom. The highest BCUT2D eigenvalue weighted by Crippen LogP contribution is 2.25. The fraction of sp³-hybridized carbons (Fsp3) is 0.238. The predicted molar refractivity (Wildman–Crippen MR) is 104 cm³/mol. The molecule has 144 valence electrons. The van der Waals surface area contributed by atoms with Gasteiger partial charge >= 0.3 is 0 Å². The maximum absolute atomic E-state index is 13.1. The molecule has 1 fully saturated rings. The molecular weight excluding hydrogens is 361 g/mol. The zero-order valence-electron chi connectivity index (χ0n) is 15.4. The summed E-state index contributed by atoms with van der Waals surface area (Å²) >= 11 is 0. The zero-order valence-corrected chi connectivity index (χ0v) is 15.4. The molecule has 1 amide bonds. The number of anilines is 1. The number of methoxy groups -OCH3 is 1. The Labute approximate surface area is 161 Å². The first-order valence-electron chi connectivity index (χ1n) is 9.06. The van der Waals surface area contributed by atoms with Crippen molar-refractivity contribution in [3.63, 3.8) is 0 Å². The molecule has 1 N–H and O–H groups in total. The van der Waals surface area contributed by atoms with E-state index in [-0.39, 0.29) is 5.82 Å². The smallest absolute Gasteiger partial charge is 0.295 e. The lowest BCUT2D eigenvalue weighted by molar-refractivity contribution is -0.126. The Morgan fingerprint density at radius 3 is 2.43 bits per heavy atom. The molecule has 2 aromatic carbocycles. The summed E-state index contributed by atoms with van der Waals surface area (Å²) < 4.78 is 18.3. The van der Waals surface area contributed by atoms with Gasteiger partial charge < -0.3 is 19.5 Å². The van der Waals surface area contributed by atoms with Crippen molar-refractivity contribution in [2.75, 3.05) is 38.2 Å². The molecule has 0 bridgehead atoms. The van der Waals surface area contributed by atoms with E-state index < -0.39 is 11.7 Å². The molecule has 1 aliphatic rings. The first kappa shape index (κ1) is 18.0. The molecule has 28 heavy (non-hydrogen) atoms. The van der Waals surface area contributed by atoms with Crippen LogP contribution < -0.4 is 9.64 Å². The minimum absolute atomic E-state index is 0.279. The van der Waals surface area contributed by atoms with E-state index in [0.717, 1.165) is 11.2 Å². The number of aromatic nitrogens is 1. The number of ether oxygens (including phenoxy) is 1. The average molecular weight is 381 g/mol. The molecule has 7 heteroatoms. The van der Waals surface area contributed by atoms with Gasteiger partial charge in [0, 0.05) is 49.0 Å². The maximum atomic E-state index is 13.1. The van der Waals surface area contributed by atoms with Gasteiger partial charge in [-0.15, -0.1) is 0 Å². The van der Waals surface area contributed by atoms with E-state index in [1.165, 1.54) is 12.1 Å². The molecule has 3 aromatic rings. The van der Waals surface area contributed by atoms with Crippen LogP contribution in [0.15, 0.2) is 48.7 Å². The van der Waals surface area contributed by atoms with Crippen molar-refractivity contribution in [3.8, 4) is 5.75 Å². The van der Waals surface area contributed by atoms with Gasteiger partial charge in [-0.2, -0.15) is 0 Å². The number of nitrogens with one attached hydrogen (secondary N) is 1. The number of hydrogen-bond donors (Lipinski definition) is 1. The first-order valence-corrected chi connectivity index (χ1v) is 9.06. The number of halogens is 1. The topological polar surface area (TPSA) is 65.6 Å². The van der Waals surface area contributed by atoms with Crippen LogP contribution in [0.3, 0.4) is 0 Å². The van der Waals surface area contributed by atoms with Gasteiger partial charge in [-0.3, -0.25) is 9.59 Å². The van der Waals surface area contributed by atoms with E-state index in [1.54, 1.807) is 42.5 Å². The highest BCUT2D eigenvalue weighted by Gasteiger charge is 2.28. The normalized spacial score (nSPS) is 14.4. The first-order chi connectivity index (χ1) is 13.6. The molecule has 6 nitrogen and oxygen atoms in total. The van der Waals surface area contributed by atoms with Crippen molar-refractivity contribution in [1.29, 1.82) is 0 Å². The van der Waals surface area contributed by atoms with Crippen molar-refractivity contribution in [3.05, 3.63) is 60.0 Å². The Bertz CT molecular complexity index is 1020. The van der Waals surface area contributed by atoms with Crippen molar-refractivity contribution in [1.82, 2.24) is 9.88 Å². The average Bonchev–Trinajstić information content (AvgIpc) is 3.16. The molecule has 1 aliphatic heterocycles. The van der Waals surface area contributed by atoms with Crippen LogP contribution in [0.5, 0.6) is 5.75 Å². The Hall–Kier alpha value is -3.35. The van der Waals surface area contributed by atoms with E-state index in [2.05, 4.69) is 9.88 Å². The fourth-order valence-electron chi connectivity index (χ4n) is 3.49. The summed E-state index contributed by atoms with van der Waals surface area (Å²) in [5.41, 5.74) is 2.03. The third-order valence-corrected chi connectivity index (χ3v) is 5.09. The van der Waals surface area contributed by atoms with E-state index >= 15 is 0 Å². The van der Waals surface area contributed by atoms with E-state index in [0.29, 0.717) is 42.9 Å². The fourth-order valence-corrected chi connectivity index (χ4v) is 3.49. The summed E-state index contributed by atoms with van der Waals surface area (Å²) in [6.07, 6.45) is 1.57. The van der Waals surface area contributed by atoms with Gasteiger partial charge in [0.25, 0.3) is 11.7 Å². The number of Topliss-reactive ketones (excluding diaryl/α,β-unsaturated/α-hetero) is 1. The number of benzene rings is 2. The van der Waals surface area contributed by atoms with E-state index in [4.69, 9.17) is 4.74 Å². The molecule has 0 aliphatic carbocycles. The highest BCUT2D eigenvalue weighted by molar-refractivity contribution is 6.44. The zero-order chi connectivity index (χ0) is 19.7. The molecule has 0 radical (unpaired) electrons. The van der Waals surface area contributed by atoms with Crippen molar-refractivity contribution in [2.24, 2.45) is 0 Å². The molecule has 0 unspecified atom stereocenters. The van der Waals surface area contributed by atoms with Gasteiger partial charge in [0.1, 0.15) is 11.6 Å². The number of aromatic amines is 1. The minimum atomic E-state index is -0.533. The van der Waals surface area contributed by atoms with Crippen LogP contribution in [0.25, 0.3) is 10.9 Å². The van der Waals surface area contributed by atoms with Gasteiger partial charge in [0.2, 0.25) is 0 Å². The van der Waals surface area contributed by atoms with Crippen molar-refractivity contribution >= 4 is 28.3 Å². The SMILES string of the molecule is COc1ccc2[nH]cc(C(=O)C(=O)N3CCN(c4ccc(F)cc4)CC3)c2c1. The Balaban J connectivity index is 1.46. The quantitative estimate of drug-likeness (QED) is 0.558. The number of hydrogen-bond acceptors (Lipinski definition) is 4. The van der Waals surface area contributed by atoms with Crippen LogP contribution in [-0.4, -0.2) is 54.9 Å². The Kier molecular flexibility index (Phi) is 4.73. The summed E-state index contributed by atoms with van der Waals surface area (Å²) in [4.78, 5) is 32.2. The number of H-pyrrole nitrogens is 1. The molecule has 2 heterocycles. The number of nitrogens with zero attached hydrogens (tertiary/aromatic N) is 2. The maximum Gasteiger partial charge on any atom is 0.295 e. The largest absolute Gasteiger partial charge is 0.497 e. The van der Waals surface area contributed by atoms with Crippen LogP contribution in [0.4, 0.5) is 10.1 Å².